The molecular formula is C25H26N2O. The minimum absolute atomic E-state index is 0.0413. The lowest BCUT2D eigenvalue weighted by Gasteiger charge is -2.45. The third-order valence-electron chi connectivity index (χ3n) is 5.93. The van der Waals surface area contributed by atoms with Crippen LogP contribution in [0, 0.1) is 5.92 Å². The second-order valence-corrected chi connectivity index (χ2v) is 7.81. The highest BCUT2D eigenvalue weighted by atomic mass is 16.1. The number of allylic oxidation sites excluding steroid dienone is 4. The molecule has 0 spiro atoms. The van der Waals surface area contributed by atoms with Crippen molar-refractivity contribution in [2.24, 2.45) is 10.9 Å². The summed E-state index contributed by atoms with van der Waals surface area (Å²) in [6.45, 7) is 6.39. The molecule has 0 saturated heterocycles. The molecule has 1 aromatic heterocycles. The van der Waals surface area contributed by atoms with Crippen molar-refractivity contribution in [3.8, 4) is 0 Å². The van der Waals surface area contributed by atoms with Crippen molar-refractivity contribution in [2.75, 3.05) is 0 Å². The van der Waals surface area contributed by atoms with Gasteiger partial charge in [-0.3, -0.25) is 9.79 Å². The summed E-state index contributed by atoms with van der Waals surface area (Å²) in [7, 11) is 0. The molecule has 3 heteroatoms. The summed E-state index contributed by atoms with van der Waals surface area (Å²) in [6.07, 6.45) is 10.3. The van der Waals surface area contributed by atoms with Crippen LogP contribution < -0.4 is 5.56 Å². The molecule has 2 aliphatic carbocycles. The van der Waals surface area contributed by atoms with E-state index in [0.717, 1.165) is 24.1 Å². The predicted molar refractivity (Wildman–Crippen MR) is 117 cm³/mol. The zero-order chi connectivity index (χ0) is 19.7. The lowest BCUT2D eigenvalue weighted by atomic mass is 9.63. The summed E-state index contributed by atoms with van der Waals surface area (Å²) in [5.74, 6) is 0.292. The van der Waals surface area contributed by atoms with Gasteiger partial charge in [0.05, 0.1) is 0 Å². The Bertz CT molecular complexity index is 1070. The van der Waals surface area contributed by atoms with Crippen LogP contribution in [0.1, 0.15) is 44.0 Å². The fraction of sp³-hybridized carbons (Fsp3) is 0.280. The van der Waals surface area contributed by atoms with Crippen LogP contribution in [0.5, 0.6) is 0 Å². The number of benzene rings is 1. The number of aromatic nitrogens is 1. The SMILES string of the molecule is CC=C1C2C=C(C)CC1(N=CC=C(C)c1ccccc1)c1ccc(=O)[nH]c1C2. The van der Waals surface area contributed by atoms with Gasteiger partial charge in [-0.2, -0.15) is 0 Å². The molecule has 0 aliphatic heterocycles. The van der Waals surface area contributed by atoms with Crippen molar-refractivity contribution in [3.63, 3.8) is 0 Å². The van der Waals surface area contributed by atoms with Crippen LogP contribution in [0.25, 0.3) is 5.57 Å². The molecule has 28 heavy (non-hydrogen) atoms. The Balaban J connectivity index is 1.82. The molecule has 2 unspecified atom stereocenters. The Morgan fingerprint density at radius 3 is 2.75 bits per heavy atom. The molecule has 4 rings (SSSR count). The molecule has 0 amide bonds. The summed E-state index contributed by atoms with van der Waals surface area (Å²) in [5, 5.41) is 0. The van der Waals surface area contributed by atoms with Gasteiger partial charge < -0.3 is 4.98 Å². The van der Waals surface area contributed by atoms with Crippen LogP contribution >= 0.6 is 0 Å². The summed E-state index contributed by atoms with van der Waals surface area (Å²) in [5.41, 5.74) is 6.75. The van der Waals surface area contributed by atoms with Crippen LogP contribution in [-0.2, 0) is 12.0 Å². The van der Waals surface area contributed by atoms with Gasteiger partial charge in [0.15, 0.2) is 0 Å². The summed E-state index contributed by atoms with van der Waals surface area (Å²) in [4.78, 5) is 20.1. The first-order valence-electron chi connectivity index (χ1n) is 9.87. The summed E-state index contributed by atoms with van der Waals surface area (Å²) >= 11 is 0. The van der Waals surface area contributed by atoms with E-state index < -0.39 is 5.54 Å². The lowest BCUT2D eigenvalue weighted by Crippen LogP contribution is -2.40. The molecule has 142 valence electrons. The van der Waals surface area contributed by atoms with Gasteiger partial charge in [0.1, 0.15) is 5.54 Å². The van der Waals surface area contributed by atoms with E-state index in [-0.39, 0.29) is 5.56 Å². The summed E-state index contributed by atoms with van der Waals surface area (Å²) < 4.78 is 0. The first kappa shape index (κ1) is 18.4. The first-order valence-corrected chi connectivity index (χ1v) is 9.87. The quantitative estimate of drug-likeness (QED) is 0.585. The molecule has 1 N–H and O–H groups in total. The van der Waals surface area contributed by atoms with E-state index in [1.165, 1.54) is 22.3 Å². The number of aromatic amines is 1. The van der Waals surface area contributed by atoms with E-state index in [1.807, 2.05) is 30.5 Å². The molecule has 1 heterocycles. The molecule has 3 nitrogen and oxygen atoms in total. The second-order valence-electron chi connectivity index (χ2n) is 7.81. The van der Waals surface area contributed by atoms with Crippen LogP contribution in [0.3, 0.4) is 0 Å². The van der Waals surface area contributed by atoms with Crippen molar-refractivity contribution in [3.05, 3.63) is 99.0 Å². The topological polar surface area (TPSA) is 45.2 Å². The largest absolute Gasteiger partial charge is 0.326 e. The number of hydrogen-bond acceptors (Lipinski definition) is 2. The maximum absolute atomic E-state index is 11.9. The predicted octanol–water partition coefficient (Wildman–Crippen LogP) is 5.21. The van der Waals surface area contributed by atoms with Crippen molar-refractivity contribution in [2.45, 2.75) is 39.2 Å². The third kappa shape index (κ3) is 3.11. The molecule has 2 aromatic rings. The fourth-order valence-corrected chi connectivity index (χ4v) is 4.73. The first-order chi connectivity index (χ1) is 13.5. The number of pyridine rings is 1. The zero-order valence-corrected chi connectivity index (χ0v) is 16.7. The molecule has 0 radical (unpaired) electrons. The van der Waals surface area contributed by atoms with E-state index >= 15 is 0 Å². The van der Waals surface area contributed by atoms with Gasteiger partial charge in [-0.25, -0.2) is 0 Å². The fourth-order valence-electron chi connectivity index (χ4n) is 4.73. The minimum atomic E-state index is -0.427. The molecule has 1 aromatic carbocycles. The van der Waals surface area contributed by atoms with E-state index in [9.17, 15) is 4.79 Å². The van der Waals surface area contributed by atoms with Crippen molar-refractivity contribution in [1.29, 1.82) is 0 Å². The normalized spacial score (nSPS) is 25.7. The average Bonchev–Trinajstić information content (AvgIpc) is 2.67. The molecule has 2 aliphatic rings. The number of aliphatic imine (C=N–C) groups is 1. The van der Waals surface area contributed by atoms with Gasteiger partial charge in [0.2, 0.25) is 5.56 Å². The monoisotopic (exact) mass is 370 g/mol. The minimum Gasteiger partial charge on any atom is -0.326 e. The molecule has 2 bridgehead atoms. The Labute approximate surface area is 166 Å². The van der Waals surface area contributed by atoms with Crippen molar-refractivity contribution >= 4 is 11.8 Å². The Morgan fingerprint density at radius 1 is 1.21 bits per heavy atom. The number of H-pyrrole nitrogens is 1. The standard InChI is InChI=1S/C25H26N2O/c1-4-21-20-14-17(2)16-25(21,22-10-11-24(28)27-23(22)15-20)26-13-12-18(3)19-8-6-5-7-9-19/h4-14,20H,15-16H2,1-3H3,(H,27,28). The highest BCUT2D eigenvalue weighted by molar-refractivity contribution is 5.84. The molecule has 0 fully saturated rings. The van der Waals surface area contributed by atoms with Crippen LogP contribution in [0.4, 0.5) is 0 Å². The van der Waals surface area contributed by atoms with E-state index in [2.05, 4.69) is 56.1 Å². The highest BCUT2D eigenvalue weighted by Gasteiger charge is 2.46. The number of fused-ring (bicyclic) bond motifs is 4. The number of hydrogen-bond donors (Lipinski definition) is 1. The number of nitrogens with zero attached hydrogens (tertiary/aromatic N) is 1. The Hall–Kier alpha value is -2.94. The third-order valence-corrected chi connectivity index (χ3v) is 5.93. The smallest absolute Gasteiger partial charge is 0.248 e. The average molecular weight is 370 g/mol. The lowest BCUT2D eigenvalue weighted by molar-refractivity contribution is 0.413. The van der Waals surface area contributed by atoms with E-state index in [1.54, 1.807) is 6.07 Å². The van der Waals surface area contributed by atoms with Crippen molar-refractivity contribution < 1.29 is 0 Å². The Kier molecular flexibility index (Phi) is 4.76. The molecular weight excluding hydrogens is 344 g/mol. The second kappa shape index (κ2) is 7.23. The van der Waals surface area contributed by atoms with Crippen LogP contribution in [0.15, 0.2) is 81.6 Å². The van der Waals surface area contributed by atoms with Crippen LogP contribution in [-0.4, -0.2) is 11.2 Å². The maximum atomic E-state index is 11.9. The Morgan fingerprint density at radius 2 is 2.00 bits per heavy atom. The van der Waals surface area contributed by atoms with Gasteiger partial charge >= 0.3 is 0 Å². The van der Waals surface area contributed by atoms with Crippen LogP contribution in [0.2, 0.25) is 0 Å². The molecule has 2 atom stereocenters. The maximum Gasteiger partial charge on any atom is 0.248 e. The highest BCUT2D eigenvalue weighted by Crippen LogP contribution is 2.51. The summed E-state index contributed by atoms with van der Waals surface area (Å²) in [6, 6.07) is 13.9. The van der Waals surface area contributed by atoms with Crippen molar-refractivity contribution in [1.82, 2.24) is 4.98 Å². The van der Waals surface area contributed by atoms with Gasteiger partial charge in [-0.1, -0.05) is 48.1 Å². The number of nitrogens with one attached hydrogen (secondary N) is 1. The zero-order valence-electron chi connectivity index (χ0n) is 16.7. The van der Waals surface area contributed by atoms with E-state index in [0.29, 0.717) is 5.92 Å². The van der Waals surface area contributed by atoms with Gasteiger partial charge in [-0.15, -0.1) is 0 Å². The van der Waals surface area contributed by atoms with Gasteiger partial charge in [0.25, 0.3) is 0 Å². The number of rotatable bonds is 3. The van der Waals surface area contributed by atoms with E-state index in [4.69, 9.17) is 4.99 Å². The van der Waals surface area contributed by atoms with Gasteiger partial charge in [-0.05, 0) is 56.0 Å². The van der Waals surface area contributed by atoms with Gasteiger partial charge in [0, 0.05) is 35.9 Å². The molecule has 0 saturated carbocycles.